The van der Waals surface area contributed by atoms with Crippen molar-refractivity contribution in [3.05, 3.63) is 71.6 Å². The average molecular weight is 481 g/mol. The van der Waals surface area contributed by atoms with Crippen molar-refractivity contribution in [1.82, 2.24) is 0 Å². The molecule has 0 spiro atoms. The monoisotopic (exact) mass is 480 g/mol. The van der Waals surface area contributed by atoms with Crippen LogP contribution in [0.5, 0.6) is 11.5 Å². The smallest absolute Gasteiger partial charge is 0.201 e. The summed E-state index contributed by atoms with van der Waals surface area (Å²) in [6, 6.07) is 7.10. The summed E-state index contributed by atoms with van der Waals surface area (Å²) in [4.78, 5) is 0. The number of aliphatic hydroxyl groups excluding tert-OH is 1. The minimum atomic E-state index is -1.08. The molecule has 3 rings (SSSR count). The Bertz CT molecular complexity index is 944. The summed E-state index contributed by atoms with van der Waals surface area (Å²) in [5, 5.41) is 9.98. The second-order valence-electron chi connectivity index (χ2n) is 8.22. The molecule has 0 amide bonds. The Labute approximate surface area is 198 Å². The van der Waals surface area contributed by atoms with E-state index in [0.717, 1.165) is 12.8 Å². The van der Waals surface area contributed by atoms with Gasteiger partial charge in [-0.25, -0.2) is 8.78 Å². The lowest BCUT2D eigenvalue weighted by Gasteiger charge is -2.30. The summed E-state index contributed by atoms with van der Waals surface area (Å²) in [5.74, 6) is -2.69. The Balaban J connectivity index is 1.50. The minimum Gasteiger partial charge on any atom is -0.493 e. The fraction of sp³-hybridized carbons (Fsp3) is 0.462. The Kier molecular flexibility index (Phi) is 9.80. The fourth-order valence-electron chi connectivity index (χ4n) is 3.58. The molecule has 0 bridgehead atoms. The van der Waals surface area contributed by atoms with Gasteiger partial charge in [0, 0.05) is 23.1 Å². The molecule has 8 heteroatoms. The third-order valence-electron chi connectivity index (χ3n) is 5.49. The van der Waals surface area contributed by atoms with Crippen LogP contribution in [0.15, 0.2) is 43.0 Å². The first-order valence-electron chi connectivity index (χ1n) is 11.5. The Morgan fingerprint density at radius 3 is 2.56 bits per heavy atom. The van der Waals surface area contributed by atoms with Crippen molar-refractivity contribution in [3.63, 3.8) is 0 Å². The van der Waals surface area contributed by atoms with E-state index in [1.54, 1.807) is 12.1 Å². The van der Waals surface area contributed by atoms with Gasteiger partial charge in [-0.3, -0.25) is 0 Å². The van der Waals surface area contributed by atoms with Crippen LogP contribution in [0.25, 0.3) is 0 Å². The van der Waals surface area contributed by atoms with Gasteiger partial charge in [-0.05, 0) is 43.5 Å². The second kappa shape index (κ2) is 12.8. The summed E-state index contributed by atoms with van der Waals surface area (Å²) in [6.07, 6.45) is 2.43. The van der Waals surface area contributed by atoms with Crippen molar-refractivity contribution in [1.29, 1.82) is 0 Å². The summed E-state index contributed by atoms with van der Waals surface area (Å²) in [5.41, 5.74) is 0.197. The van der Waals surface area contributed by atoms with E-state index in [0.29, 0.717) is 18.6 Å². The van der Waals surface area contributed by atoms with Gasteiger partial charge in [-0.15, -0.1) is 6.58 Å². The fourth-order valence-corrected chi connectivity index (χ4v) is 3.58. The van der Waals surface area contributed by atoms with Gasteiger partial charge in [0.25, 0.3) is 0 Å². The molecule has 1 saturated heterocycles. The van der Waals surface area contributed by atoms with Crippen LogP contribution < -0.4 is 9.47 Å². The van der Waals surface area contributed by atoms with Crippen LogP contribution in [0, 0.1) is 23.4 Å². The molecule has 0 aromatic heterocycles. The lowest BCUT2D eigenvalue weighted by molar-refractivity contribution is -0.210. The minimum absolute atomic E-state index is 0.0430. The van der Waals surface area contributed by atoms with Crippen molar-refractivity contribution in [3.8, 4) is 11.5 Å². The van der Waals surface area contributed by atoms with Gasteiger partial charge in [0.2, 0.25) is 5.82 Å². The highest BCUT2D eigenvalue weighted by molar-refractivity contribution is 5.32. The van der Waals surface area contributed by atoms with Crippen LogP contribution in [0.3, 0.4) is 0 Å². The first kappa shape index (κ1) is 26.1. The molecular weight excluding hydrogens is 449 g/mol. The molecular formula is C26H31F3O5. The molecule has 1 unspecified atom stereocenters. The highest BCUT2D eigenvalue weighted by atomic mass is 19.2. The number of allylic oxidation sites excluding steroid dienone is 1. The van der Waals surface area contributed by atoms with Crippen molar-refractivity contribution in [2.75, 3.05) is 26.4 Å². The SMILES string of the molecule is C=CCCCOc1ccc(C2OCC(COc3ccc(C(O)CCC)c(F)c3)CO2)c(F)c1F. The topological polar surface area (TPSA) is 57.2 Å². The molecule has 0 radical (unpaired) electrons. The first-order valence-corrected chi connectivity index (χ1v) is 11.5. The van der Waals surface area contributed by atoms with E-state index >= 15 is 0 Å². The van der Waals surface area contributed by atoms with Crippen molar-refractivity contribution >= 4 is 0 Å². The zero-order valence-corrected chi connectivity index (χ0v) is 19.3. The maximum atomic E-state index is 14.6. The number of unbranched alkanes of at least 4 members (excludes halogenated alkanes) is 1. The molecule has 1 N–H and O–H groups in total. The molecule has 1 fully saturated rings. The zero-order valence-electron chi connectivity index (χ0n) is 19.3. The van der Waals surface area contributed by atoms with Crippen molar-refractivity contribution in [2.45, 2.75) is 45.0 Å². The van der Waals surface area contributed by atoms with E-state index in [9.17, 15) is 18.3 Å². The number of benzene rings is 2. The van der Waals surface area contributed by atoms with Crippen LogP contribution in [0.1, 0.15) is 56.1 Å². The number of aliphatic hydroxyl groups is 1. The standard InChI is InChI=1S/C26H31F3O5/c1-3-5-6-12-31-23-11-10-20(24(28)25(23)29)26-33-15-17(16-34-26)14-32-18-8-9-19(21(27)13-18)22(30)7-4-2/h3,8-11,13,17,22,26,30H,1,4-7,12,14-16H2,2H3. The maximum absolute atomic E-state index is 14.6. The Morgan fingerprint density at radius 1 is 1.12 bits per heavy atom. The number of hydrogen-bond donors (Lipinski definition) is 1. The van der Waals surface area contributed by atoms with Gasteiger partial charge in [-0.1, -0.05) is 19.4 Å². The quantitative estimate of drug-likeness (QED) is 0.297. The molecule has 1 atom stereocenters. The first-order chi connectivity index (χ1) is 16.4. The molecule has 186 valence electrons. The molecule has 1 aliphatic rings. The zero-order chi connectivity index (χ0) is 24.5. The van der Waals surface area contributed by atoms with E-state index in [1.807, 2.05) is 6.92 Å². The third kappa shape index (κ3) is 6.74. The predicted octanol–water partition coefficient (Wildman–Crippen LogP) is 6.02. The van der Waals surface area contributed by atoms with E-state index in [4.69, 9.17) is 18.9 Å². The highest BCUT2D eigenvalue weighted by Crippen LogP contribution is 2.32. The van der Waals surface area contributed by atoms with Gasteiger partial charge < -0.3 is 24.1 Å². The number of ether oxygens (including phenoxy) is 4. The van der Waals surface area contributed by atoms with Gasteiger partial charge in [0.15, 0.2) is 17.9 Å². The normalized spacial score (nSPS) is 19.0. The van der Waals surface area contributed by atoms with Gasteiger partial charge in [0.05, 0.1) is 32.5 Å². The molecule has 0 aliphatic carbocycles. The molecule has 5 nitrogen and oxygen atoms in total. The van der Waals surface area contributed by atoms with Crippen LogP contribution >= 0.6 is 0 Å². The lowest BCUT2D eigenvalue weighted by Crippen LogP contribution is -2.31. The van der Waals surface area contributed by atoms with Crippen LogP contribution in [0.2, 0.25) is 0 Å². The van der Waals surface area contributed by atoms with Gasteiger partial charge in [0.1, 0.15) is 11.6 Å². The van der Waals surface area contributed by atoms with E-state index in [1.165, 1.54) is 24.3 Å². The van der Waals surface area contributed by atoms with E-state index in [2.05, 4.69) is 6.58 Å². The maximum Gasteiger partial charge on any atom is 0.201 e. The van der Waals surface area contributed by atoms with E-state index < -0.39 is 29.8 Å². The van der Waals surface area contributed by atoms with Crippen molar-refractivity contribution in [2.24, 2.45) is 5.92 Å². The number of halogens is 3. The highest BCUT2D eigenvalue weighted by Gasteiger charge is 2.28. The summed E-state index contributed by atoms with van der Waals surface area (Å²) in [6.45, 7) is 6.36. The molecule has 1 aliphatic heterocycles. The lowest BCUT2D eigenvalue weighted by atomic mass is 10.0. The summed E-state index contributed by atoms with van der Waals surface area (Å²) < 4.78 is 65.3. The third-order valence-corrected chi connectivity index (χ3v) is 5.49. The summed E-state index contributed by atoms with van der Waals surface area (Å²) >= 11 is 0. The van der Waals surface area contributed by atoms with E-state index in [-0.39, 0.29) is 49.2 Å². The Morgan fingerprint density at radius 2 is 1.88 bits per heavy atom. The van der Waals surface area contributed by atoms with Crippen LogP contribution in [0.4, 0.5) is 13.2 Å². The van der Waals surface area contributed by atoms with Crippen molar-refractivity contribution < 1.29 is 37.2 Å². The molecule has 0 saturated carbocycles. The predicted molar refractivity (Wildman–Crippen MR) is 121 cm³/mol. The molecule has 1 heterocycles. The number of rotatable bonds is 12. The molecule has 2 aromatic carbocycles. The Hall–Kier alpha value is -2.55. The summed E-state index contributed by atoms with van der Waals surface area (Å²) in [7, 11) is 0. The van der Waals surface area contributed by atoms with Gasteiger partial charge >= 0.3 is 0 Å². The average Bonchev–Trinajstić information content (AvgIpc) is 2.83. The largest absolute Gasteiger partial charge is 0.493 e. The molecule has 34 heavy (non-hydrogen) atoms. The van der Waals surface area contributed by atoms with Crippen LogP contribution in [-0.4, -0.2) is 31.5 Å². The second-order valence-corrected chi connectivity index (χ2v) is 8.22. The number of hydrogen-bond acceptors (Lipinski definition) is 5. The van der Waals surface area contributed by atoms with Crippen LogP contribution in [-0.2, 0) is 9.47 Å². The van der Waals surface area contributed by atoms with Gasteiger partial charge in [-0.2, -0.15) is 4.39 Å². The molecule has 2 aromatic rings.